The van der Waals surface area contributed by atoms with Gasteiger partial charge in [0.1, 0.15) is 0 Å². The molecule has 1 aliphatic heterocycles. The molecule has 0 aromatic carbocycles. The fraction of sp³-hybridized carbons (Fsp3) is 0.867. The molecule has 0 spiro atoms. The number of rotatable bonds is 3. The van der Waals surface area contributed by atoms with Crippen molar-refractivity contribution in [3.05, 3.63) is 11.7 Å². The van der Waals surface area contributed by atoms with Gasteiger partial charge in [-0.3, -0.25) is 0 Å². The third-order valence-electron chi connectivity index (χ3n) is 4.75. The van der Waals surface area contributed by atoms with E-state index in [2.05, 4.69) is 10.5 Å². The van der Waals surface area contributed by atoms with Gasteiger partial charge in [0.15, 0.2) is 5.82 Å². The van der Waals surface area contributed by atoms with Gasteiger partial charge in [0, 0.05) is 25.2 Å². The molecule has 1 saturated heterocycles. The molecule has 2 unspecified atom stereocenters. The summed E-state index contributed by atoms with van der Waals surface area (Å²) < 4.78 is 11.0. The van der Waals surface area contributed by atoms with Gasteiger partial charge in [-0.2, -0.15) is 4.98 Å². The van der Waals surface area contributed by atoms with Crippen LogP contribution in [0.4, 0.5) is 0 Å². The lowest BCUT2D eigenvalue weighted by Crippen LogP contribution is -2.31. The van der Waals surface area contributed by atoms with Gasteiger partial charge >= 0.3 is 0 Å². The molecule has 1 aromatic rings. The molecular weight excluding hydrogens is 254 g/mol. The van der Waals surface area contributed by atoms with Crippen molar-refractivity contribution in [2.24, 2.45) is 0 Å². The Morgan fingerprint density at radius 3 is 2.65 bits per heavy atom. The van der Waals surface area contributed by atoms with Crippen LogP contribution >= 0.6 is 0 Å². The minimum atomic E-state index is 0.378. The number of nitrogens with one attached hydrogen (secondary N) is 1. The van der Waals surface area contributed by atoms with E-state index in [0.717, 1.165) is 44.2 Å². The van der Waals surface area contributed by atoms with Gasteiger partial charge < -0.3 is 14.6 Å². The van der Waals surface area contributed by atoms with E-state index in [-0.39, 0.29) is 0 Å². The predicted molar refractivity (Wildman–Crippen MR) is 75.8 cm³/mol. The van der Waals surface area contributed by atoms with Gasteiger partial charge in [0.25, 0.3) is 0 Å². The normalized spacial score (nSPS) is 29.2. The molecule has 2 fully saturated rings. The summed E-state index contributed by atoms with van der Waals surface area (Å²) in [6.07, 6.45) is 8.26. The topological polar surface area (TPSA) is 60.2 Å². The molecule has 2 aliphatic rings. The Hall–Kier alpha value is -0.940. The molecule has 1 aliphatic carbocycles. The summed E-state index contributed by atoms with van der Waals surface area (Å²) in [5, 5.41) is 7.68. The first-order valence-electron chi connectivity index (χ1n) is 7.97. The first-order valence-corrected chi connectivity index (χ1v) is 7.97. The summed E-state index contributed by atoms with van der Waals surface area (Å²) in [7, 11) is 2.04. The van der Waals surface area contributed by atoms with Crippen molar-refractivity contribution < 1.29 is 9.26 Å². The lowest BCUT2D eigenvalue weighted by molar-refractivity contribution is 0.0830. The van der Waals surface area contributed by atoms with Crippen LogP contribution in [0.25, 0.3) is 0 Å². The zero-order valence-corrected chi connectivity index (χ0v) is 12.3. The Bertz CT molecular complexity index is 415. The smallest absolute Gasteiger partial charge is 0.231 e. The molecule has 3 rings (SSSR count). The molecule has 0 radical (unpaired) electrons. The zero-order valence-electron chi connectivity index (χ0n) is 12.3. The highest BCUT2D eigenvalue weighted by atomic mass is 16.5. The highest BCUT2D eigenvalue weighted by Crippen LogP contribution is 2.32. The average Bonchev–Trinajstić information content (AvgIpc) is 2.87. The molecule has 1 N–H and O–H groups in total. The van der Waals surface area contributed by atoms with Crippen molar-refractivity contribution in [1.29, 1.82) is 0 Å². The minimum absolute atomic E-state index is 0.378. The summed E-state index contributed by atoms with van der Waals surface area (Å²) in [5.41, 5.74) is 0. The predicted octanol–water partition coefficient (Wildman–Crippen LogP) is 2.60. The van der Waals surface area contributed by atoms with Crippen LogP contribution in [0.15, 0.2) is 4.52 Å². The number of hydrogen-bond acceptors (Lipinski definition) is 5. The maximum atomic E-state index is 5.60. The standard InChI is InChI=1S/C15H25N3O2/c1-16-13-6-4-2-3-5-12(13)15-17-14(18-20-15)11-7-9-19-10-8-11/h11-13,16H,2-10H2,1H3. The first-order chi connectivity index (χ1) is 9.88. The van der Waals surface area contributed by atoms with E-state index in [0.29, 0.717) is 17.9 Å². The number of ether oxygens (including phenoxy) is 1. The van der Waals surface area contributed by atoms with Gasteiger partial charge in [-0.15, -0.1) is 0 Å². The van der Waals surface area contributed by atoms with E-state index < -0.39 is 0 Å². The summed E-state index contributed by atoms with van der Waals surface area (Å²) >= 11 is 0. The van der Waals surface area contributed by atoms with Crippen molar-refractivity contribution in [2.75, 3.05) is 20.3 Å². The maximum absolute atomic E-state index is 5.60. The molecular formula is C15H25N3O2. The third-order valence-corrected chi connectivity index (χ3v) is 4.75. The van der Waals surface area contributed by atoms with Crippen LogP contribution in [-0.4, -0.2) is 36.4 Å². The van der Waals surface area contributed by atoms with Crippen molar-refractivity contribution in [2.45, 2.75) is 62.8 Å². The number of nitrogens with zero attached hydrogens (tertiary/aromatic N) is 2. The van der Waals surface area contributed by atoms with Gasteiger partial charge in [-0.05, 0) is 32.7 Å². The molecule has 5 nitrogen and oxygen atoms in total. The SMILES string of the molecule is CNC1CCCCCC1c1nc(C2CCOCC2)no1. The minimum Gasteiger partial charge on any atom is -0.381 e. The number of likely N-dealkylation sites (N-methyl/N-ethyl adjacent to an activating group) is 1. The van der Waals surface area contributed by atoms with Crippen LogP contribution < -0.4 is 5.32 Å². The van der Waals surface area contributed by atoms with E-state index in [1.54, 1.807) is 0 Å². The Balaban J connectivity index is 1.73. The van der Waals surface area contributed by atoms with E-state index in [9.17, 15) is 0 Å². The van der Waals surface area contributed by atoms with E-state index in [4.69, 9.17) is 14.2 Å². The summed E-state index contributed by atoms with van der Waals surface area (Å²) in [6, 6.07) is 0.473. The highest BCUT2D eigenvalue weighted by molar-refractivity contribution is 5.03. The molecule has 1 saturated carbocycles. The number of hydrogen-bond donors (Lipinski definition) is 1. The molecule has 5 heteroatoms. The summed E-state index contributed by atoms with van der Waals surface area (Å²) in [5.74, 6) is 2.53. The Labute approximate surface area is 120 Å². The molecule has 2 heterocycles. The average molecular weight is 279 g/mol. The fourth-order valence-corrected chi connectivity index (χ4v) is 3.47. The quantitative estimate of drug-likeness (QED) is 0.862. The molecule has 2 atom stereocenters. The van der Waals surface area contributed by atoms with Crippen LogP contribution in [0, 0.1) is 0 Å². The van der Waals surface area contributed by atoms with Crippen molar-refractivity contribution in [3.8, 4) is 0 Å². The van der Waals surface area contributed by atoms with Crippen LogP contribution in [-0.2, 0) is 4.74 Å². The van der Waals surface area contributed by atoms with E-state index >= 15 is 0 Å². The molecule has 20 heavy (non-hydrogen) atoms. The second-order valence-corrected chi connectivity index (χ2v) is 6.02. The van der Waals surface area contributed by atoms with Gasteiger partial charge in [-0.1, -0.05) is 24.4 Å². The lowest BCUT2D eigenvalue weighted by Gasteiger charge is -2.21. The molecule has 112 valence electrons. The number of aromatic nitrogens is 2. The van der Waals surface area contributed by atoms with Gasteiger partial charge in [-0.25, -0.2) is 0 Å². The van der Waals surface area contributed by atoms with Gasteiger partial charge in [0.05, 0.1) is 5.92 Å². The summed E-state index contributed by atoms with van der Waals surface area (Å²) in [4.78, 5) is 4.72. The van der Waals surface area contributed by atoms with Crippen LogP contribution in [0.3, 0.4) is 0 Å². The third kappa shape index (κ3) is 3.04. The van der Waals surface area contributed by atoms with Gasteiger partial charge in [0.2, 0.25) is 5.89 Å². The maximum Gasteiger partial charge on any atom is 0.231 e. The van der Waals surface area contributed by atoms with Crippen molar-refractivity contribution >= 4 is 0 Å². The molecule has 0 amide bonds. The zero-order chi connectivity index (χ0) is 13.8. The molecule has 0 bridgehead atoms. The van der Waals surface area contributed by atoms with E-state index in [1.807, 2.05) is 7.05 Å². The lowest BCUT2D eigenvalue weighted by atomic mass is 9.94. The van der Waals surface area contributed by atoms with Crippen LogP contribution in [0.1, 0.15) is 68.5 Å². The highest BCUT2D eigenvalue weighted by Gasteiger charge is 2.30. The van der Waals surface area contributed by atoms with Crippen molar-refractivity contribution in [1.82, 2.24) is 15.5 Å². The Morgan fingerprint density at radius 2 is 1.85 bits per heavy atom. The largest absolute Gasteiger partial charge is 0.381 e. The van der Waals surface area contributed by atoms with Crippen LogP contribution in [0.2, 0.25) is 0 Å². The monoisotopic (exact) mass is 279 g/mol. The summed E-state index contributed by atoms with van der Waals surface area (Å²) in [6.45, 7) is 1.63. The molecule has 1 aromatic heterocycles. The van der Waals surface area contributed by atoms with Crippen molar-refractivity contribution in [3.63, 3.8) is 0 Å². The first kappa shape index (κ1) is 14.0. The Kier molecular flexibility index (Phi) is 4.68. The second kappa shape index (κ2) is 6.68. The Morgan fingerprint density at radius 1 is 1.05 bits per heavy atom. The van der Waals surface area contributed by atoms with Crippen LogP contribution in [0.5, 0.6) is 0 Å². The fourth-order valence-electron chi connectivity index (χ4n) is 3.47. The van der Waals surface area contributed by atoms with E-state index in [1.165, 1.54) is 25.7 Å². The second-order valence-electron chi connectivity index (χ2n) is 6.02.